The van der Waals surface area contributed by atoms with Crippen molar-refractivity contribution in [2.24, 2.45) is 5.73 Å². The third-order valence-electron chi connectivity index (χ3n) is 2.83. The molecule has 0 unspecified atom stereocenters. The highest BCUT2D eigenvalue weighted by Crippen LogP contribution is 2.23. The number of aryl methyl sites for hydroxylation is 1. The molecule has 0 heterocycles. The summed E-state index contributed by atoms with van der Waals surface area (Å²) in [5.41, 5.74) is 8.25. The van der Waals surface area contributed by atoms with E-state index in [9.17, 15) is 4.79 Å². The molecule has 0 bridgehead atoms. The van der Waals surface area contributed by atoms with Crippen LogP contribution in [0.4, 0.5) is 5.69 Å². The lowest BCUT2D eigenvalue weighted by Crippen LogP contribution is -2.12. The Kier molecular flexibility index (Phi) is 4.99. The molecule has 0 radical (unpaired) electrons. The van der Waals surface area contributed by atoms with Gasteiger partial charge in [-0.05, 0) is 37.3 Å². The Bertz CT molecular complexity index is 729. The molecule has 0 saturated heterocycles. The number of halogens is 1. The molecular weight excluding hydrogens is 284 g/mol. The van der Waals surface area contributed by atoms with E-state index in [0.717, 1.165) is 11.1 Å². The number of amides is 1. The summed E-state index contributed by atoms with van der Waals surface area (Å²) in [7, 11) is 0. The molecular formula is C17H15ClN2O. The maximum Gasteiger partial charge on any atom is 0.255 e. The summed E-state index contributed by atoms with van der Waals surface area (Å²) in [5.74, 6) is 5.47. The van der Waals surface area contributed by atoms with Gasteiger partial charge in [0.25, 0.3) is 5.91 Å². The molecule has 2 aromatic carbocycles. The van der Waals surface area contributed by atoms with Crippen molar-refractivity contribution in [3.63, 3.8) is 0 Å². The number of carbonyl (C=O) groups excluding carboxylic acids is 1. The Morgan fingerprint density at radius 1 is 1.29 bits per heavy atom. The second kappa shape index (κ2) is 6.94. The van der Waals surface area contributed by atoms with Gasteiger partial charge in [-0.1, -0.05) is 41.1 Å². The van der Waals surface area contributed by atoms with Gasteiger partial charge in [0.1, 0.15) is 0 Å². The highest BCUT2D eigenvalue weighted by atomic mass is 35.5. The minimum absolute atomic E-state index is 0.204. The average molecular weight is 299 g/mol. The molecule has 3 N–H and O–H groups in total. The van der Waals surface area contributed by atoms with Gasteiger partial charge in [-0.3, -0.25) is 4.79 Å². The summed E-state index contributed by atoms with van der Waals surface area (Å²) in [6, 6.07) is 12.6. The van der Waals surface area contributed by atoms with Crippen LogP contribution < -0.4 is 11.1 Å². The highest BCUT2D eigenvalue weighted by Gasteiger charge is 2.09. The van der Waals surface area contributed by atoms with Gasteiger partial charge in [-0.25, -0.2) is 0 Å². The average Bonchev–Trinajstić information content (AvgIpc) is 2.48. The van der Waals surface area contributed by atoms with Gasteiger partial charge in [0.2, 0.25) is 0 Å². The number of rotatable bonds is 2. The van der Waals surface area contributed by atoms with Gasteiger partial charge in [0, 0.05) is 11.1 Å². The van der Waals surface area contributed by atoms with Crippen molar-refractivity contribution in [3.05, 3.63) is 64.2 Å². The fourth-order valence-corrected chi connectivity index (χ4v) is 2.00. The molecule has 0 aliphatic heterocycles. The van der Waals surface area contributed by atoms with Crippen LogP contribution in [0.25, 0.3) is 0 Å². The first-order chi connectivity index (χ1) is 10.1. The normalized spacial score (nSPS) is 9.67. The Labute approximate surface area is 129 Å². The standard InChI is InChI=1S/C17H15ClN2O/c1-12-4-2-6-14(10-12)17(21)20-16-11-13(5-3-9-19)7-8-15(16)18/h2,4,6-8,10-11H,9,19H2,1H3,(H,20,21). The monoisotopic (exact) mass is 298 g/mol. The lowest BCUT2D eigenvalue weighted by Gasteiger charge is -2.08. The van der Waals surface area contributed by atoms with Crippen molar-refractivity contribution in [2.45, 2.75) is 6.92 Å². The van der Waals surface area contributed by atoms with Crippen LogP contribution in [0.1, 0.15) is 21.5 Å². The molecule has 106 valence electrons. The van der Waals surface area contributed by atoms with Crippen molar-refractivity contribution in [1.82, 2.24) is 0 Å². The summed E-state index contributed by atoms with van der Waals surface area (Å²) in [4.78, 5) is 12.2. The van der Waals surface area contributed by atoms with Gasteiger partial charge in [0.15, 0.2) is 0 Å². The largest absolute Gasteiger partial charge is 0.321 e. The van der Waals surface area contributed by atoms with Crippen LogP contribution in [0.5, 0.6) is 0 Å². The summed E-state index contributed by atoms with van der Waals surface area (Å²) in [6.07, 6.45) is 0. The van der Waals surface area contributed by atoms with Crippen molar-refractivity contribution < 1.29 is 4.79 Å². The quantitative estimate of drug-likeness (QED) is 0.837. The topological polar surface area (TPSA) is 55.1 Å². The zero-order valence-corrected chi connectivity index (χ0v) is 12.4. The first kappa shape index (κ1) is 15.1. The Balaban J connectivity index is 2.24. The second-order valence-corrected chi connectivity index (χ2v) is 4.93. The van der Waals surface area contributed by atoms with E-state index in [4.69, 9.17) is 17.3 Å². The molecule has 2 rings (SSSR count). The number of nitrogens with one attached hydrogen (secondary N) is 1. The van der Waals surface area contributed by atoms with Crippen LogP contribution >= 0.6 is 11.6 Å². The molecule has 1 amide bonds. The Morgan fingerprint density at radius 3 is 2.81 bits per heavy atom. The smallest absolute Gasteiger partial charge is 0.255 e. The number of benzene rings is 2. The number of anilines is 1. The van der Waals surface area contributed by atoms with Crippen LogP contribution in [0.2, 0.25) is 5.02 Å². The third-order valence-corrected chi connectivity index (χ3v) is 3.16. The van der Waals surface area contributed by atoms with Crippen molar-refractivity contribution in [1.29, 1.82) is 0 Å². The fourth-order valence-electron chi connectivity index (χ4n) is 1.83. The van der Waals surface area contributed by atoms with E-state index in [0.29, 0.717) is 16.3 Å². The second-order valence-electron chi connectivity index (χ2n) is 4.52. The maximum atomic E-state index is 12.2. The van der Waals surface area contributed by atoms with E-state index < -0.39 is 0 Å². The van der Waals surface area contributed by atoms with Crippen LogP contribution in [0.3, 0.4) is 0 Å². The van der Waals surface area contributed by atoms with Crippen LogP contribution in [-0.2, 0) is 0 Å². The predicted octanol–water partition coefficient (Wildman–Crippen LogP) is 3.21. The summed E-state index contributed by atoms with van der Waals surface area (Å²) in [5, 5.41) is 3.27. The van der Waals surface area contributed by atoms with Crippen LogP contribution in [0, 0.1) is 18.8 Å². The van der Waals surface area contributed by atoms with E-state index in [1.54, 1.807) is 24.3 Å². The van der Waals surface area contributed by atoms with Gasteiger partial charge < -0.3 is 11.1 Å². The molecule has 21 heavy (non-hydrogen) atoms. The number of carbonyl (C=O) groups is 1. The number of nitrogens with two attached hydrogens (primary N) is 1. The lowest BCUT2D eigenvalue weighted by atomic mass is 10.1. The molecule has 2 aromatic rings. The Hall–Kier alpha value is -2.28. The summed E-state index contributed by atoms with van der Waals surface area (Å²) >= 11 is 6.11. The van der Waals surface area contributed by atoms with Crippen LogP contribution in [-0.4, -0.2) is 12.5 Å². The predicted molar refractivity (Wildman–Crippen MR) is 86.5 cm³/mol. The molecule has 0 saturated carbocycles. The zero-order chi connectivity index (χ0) is 15.2. The van der Waals surface area contributed by atoms with Gasteiger partial charge in [-0.2, -0.15) is 0 Å². The first-order valence-electron chi connectivity index (χ1n) is 6.46. The molecule has 0 fully saturated rings. The summed E-state index contributed by atoms with van der Waals surface area (Å²) < 4.78 is 0. The van der Waals surface area contributed by atoms with Gasteiger partial charge in [-0.15, -0.1) is 0 Å². The molecule has 3 nitrogen and oxygen atoms in total. The zero-order valence-electron chi connectivity index (χ0n) is 11.6. The minimum atomic E-state index is -0.204. The van der Waals surface area contributed by atoms with E-state index in [1.165, 1.54) is 0 Å². The fraction of sp³-hybridized carbons (Fsp3) is 0.118. The third kappa shape index (κ3) is 4.09. The van der Waals surface area contributed by atoms with E-state index in [2.05, 4.69) is 17.2 Å². The highest BCUT2D eigenvalue weighted by molar-refractivity contribution is 6.34. The van der Waals surface area contributed by atoms with Crippen molar-refractivity contribution >= 4 is 23.2 Å². The lowest BCUT2D eigenvalue weighted by molar-refractivity contribution is 0.102. The molecule has 0 aliphatic carbocycles. The van der Waals surface area contributed by atoms with E-state index >= 15 is 0 Å². The maximum absolute atomic E-state index is 12.2. The van der Waals surface area contributed by atoms with Crippen molar-refractivity contribution in [3.8, 4) is 11.8 Å². The number of hydrogen-bond donors (Lipinski definition) is 2. The van der Waals surface area contributed by atoms with Gasteiger partial charge in [0.05, 0.1) is 17.3 Å². The molecule has 0 spiro atoms. The van der Waals surface area contributed by atoms with Gasteiger partial charge >= 0.3 is 0 Å². The minimum Gasteiger partial charge on any atom is -0.321 e. The Morgan fingerprint density at radius 2 is 2.10 bits per heavy atom. The molecule has 4 heteroatoms. The van der Waals surface area contributed by atoms with E-state index in [-0.39, 0.29) is 12.5 Å². The summed E-state index contributed by atoms with van der Waals surface area (Å²) in [6.45, 7) is 2.22. The molecule has 0 atom stereocenters. The number of hydrogen-bond acceptors (Lipinski definition) is 2. The molecule has 0 aromatic heterocycles. The SMILES string of the molecule is Cc1cccc(C(=O)Nc2cc(C#CCN)ccc2Cl)c1. The first-order valence-corrected chi connectivity index (χ1v) is 6.84. The van der Waals surface area contributed by atoms with Crippen molar-refractivity contribution in [2.75, 3.05) is 11.9 Å². The molecule has 0 aliphatic rings. The van der Waals surface area contributed by atoms with E-state index in [1.807, 2.05) is 25.1 Å². The van der Waals surface area contributed by atoms with Crippen LogP contribution in [0.15, 0.2) is 42.5 Å².